The number of halogens is 1. The fourth-order valence-corrected chi connectivity index (χ4v) is 3.40. The molecule has 128 valence electrons. The summed E-state index contributed by atoms with van der Waals surface area (Å²) >= 11 is 0. The number of anilines is 1. The molecule has 0 atom stereocenters. The van der Waals surface area contributed by atoms with Crippen LogP contribution in [0.3, 0.4) is 0 Å². The second-order valence-electron chi connectivity index (χ2n) is 6.13. The molecule has 0 unspecified atom stereocenters. The third kappa shape index (κ3) is 3.00. The van der Waals surface area contributed by atoms with Gasteiger partial charge in [-0.15, -0.1) is 6.58 Å². The first-order valence-electron chi connectivity index (χ1n) is 8.46. The lowest BCUT2D eigenvalue weighted by Gasteiger charge is -2.23. The maximum absolute atomic E-state index is 13.3. The first kappa shape index (κ1) is 15.8. The first-order valence-corrected chi connectivity index (χ1v) is 8.46. The molecule has 0 saturated carbocycles. The van der Waals surface area contributed by atoms with Crippen LogP contribution in [-0.2, 0) is 0 Å². The van der Waals surface area contributed by atoms with E-state index in [9.17, 15) is 4.39 Å². The Morgan fingerprint density at radius 2 is 2.04 bits per heavy atom. The van der Waals surface area contributed by atoms with Gasteiger partial charge in [0.25, 0.3) is 0 Å². The minimum Gasteiger partial charge on any atom is -0.351 e. The zero-order chi connectivity index (χ0) is 17.2. The summed E-state index contributed by atoms with van der Waals surface area (Å²) in [5.74, 6) is 0.364. The molecule has 0 radical (unpaired) electrons. The lowest BCUT2D eigenvalue weighted by Crippen LogP contribution is -2.30. The van der Waals surface area contributed by atoms with Crippen LogP contribution in [0.1, 0.15) is 17.7 Å². The summed E-state index contributed by atoms with van der Waals surface area (Å²) in [7, 11) is 0. The van der Waals surface area contributed by atoms with Crippen LogP contribution in [0.5, 0.6) is 0 Å². The molecular weight excluding hydrogens is 317 g/mol. The zero-order valence-corrected chi connectivity index (χ0v) is 14.0. The fourth-order valence-electron chi connectivity index (χ4n) is 3.40. The highest BCUT2D eigenvalue weighted by molar-refractivity contribution is 5.91. The van der Waals surface area contributed by atoms with Gasteiger partial charge in [0.15, 0.2) is 0 Å². The topological polar surface area (TPSA) is 44.3 Å². The number of hydrazine groups is 1. The summed E-state index contributed by atoms with van der Waals surface area (Å²) in [6.07, 6.45) is 4.67. The normalized spacial score (nSPS) is 17.1. The number of aromatic nitrogens is 2. The molecule has 0 amide bonds. The van der Waals surface area contributed by atoms with Crippen LogP contribution >= 0.6 is 0 Å². The van der Waals surface area contributed by atoms with Gasteiger partial charge in [0.1, 0.15) is 5.82 Å². The Balaban J connectivity index is 1.77. The highest BCUT2D eigenvalue weighted by Crippen LogP contribution is 2.38. The van der Waals surface area contributed by atoms with Gasteiger partial charge in [0.05, 0.1) is 11.4 Å². The van der Waals surface area contributed by atoms with Gasteiger partial charge in [0.2, 0.25) is 5.95 Å². The fraction of sp³-hybridized carbons (Fsp3) is 0.263. The van der Waals surface area contributed by atoms with E-state index in [-0.39, 0.29) is 5.82 Å². The molecule has 1 N–H and O–H groups in total. The lowest BCUT2D eigenvalue weighted by atomic mass is 10.0. The van der Waals surface area contributed by atoms with Crippen molar-refractivity contribution in [1.82, 2.24) is 20.0 Å². The summed E-state index contributed by atoms with van der Waals surface area (Å²) < 4.78 is 13.3. The minimum atomic E-state index is -0.220. The summed E-state index contributed by atoms with van der Waals surface area (Å²) in [5.41, 5.74) is 4.18. The van der Waals surface area contributed by atoms with E-state index >= 15 is 0 Å². The van der Waals surface area contributed by atoms with Gasteiger partial charge in [0, 0.05) is 37.9 Å². The van der Waals surface area contributed by atoms with Crippen molar-refractivity contribution < 1.29 is 4.39 Å². The monoisotopic (exact) mass is 337 g/mol. The lowest BCUT2D eigenvalue weighted by molar-refractivity contribution is 0.129. The van der Waals surface area contributed by atoms with Gasteiger partial charge >= 0.3 is 0 Å². The van der Waals surface area contributed by atoms with E-state index in [1.54, 1.807) is 12.3 Å². The maximum atomic E-state index is 13.3. The quantitative estimate of drug-likeness (QED) is 0.850. The molecule has 3 heterocycles. The van der Waals surface area contributed by atoms with Gasteiger partial charge in [-0.3, -0.25) is 0 Å². The van der Waals surface area contributed by atoms with Crippen LogP contribution in [0.15, 0.2) is 49.2 Å². The van der Waals surface area contributed by atoms with E-state index < -0.39 is 0 Å². The Morgan fingerprint density at radius 1 is 1.20 bits per heavy atom. The Labute approximate surface area is 146 Å². The molecule has 1 aromatic heterocycles. The maximum Gasteiger partial charge on any atom is 0.223 e. The Morgan fingerprint density at radius 3 is 2.84 bits per heavy atom. The van der Waals surface area contributed by atoms with E-state index in [1.807, 2.05) is 18.2 Å². The molecule has 2 aliphatic rings. The molecule has 2 aliphatic heterocycles. The highest BCUT2D eigenvalue weighted by Gasteiger charge is 2.35. The molecule has 0 bridgehead atoms. The summed E-state index contributed by atoms with van der Waals surface area (Å²) in [6.45, 7) is 7.14. The van der Waals surface area contributed by atoms with Gasteiger partial charge in [-0.2, -0.15) is 0 Å². The summed E-state index contributed by atoms with van der Waals surface area (Å²) in [6, 6.07) is 8.63. The molecule has 4 rings (SSSR count). The molecule has 2 aromatic rings. The molecule has 5 nitrogen and oxygen atoms in total. The van der Waals surface area contributed by atoms with E-state index in [2.05, 4.69) is 31.9 Å². The smallest absolute Gasteiger partial charge is 0.223 e. The molecule has 1 fully saturated rings. The van der Waals surface area contributed by atoms with Crippen molar-refractivity contribution in [2.75, 3.05) is 31.5 Å². The van der Waals surface area contributed by atoms with Crippen molar-refractivity contribution in [3.63, 3.8) is 0 Å². The van der Waals surface area contributed by atoms with E-state index in [0.29, 0.717) is 12.5 Å². The van der Waals surface area contributed by atoms with Crippen molar-refractivity contribution in [2.24, 2.45) is 0 Å². The Hall–Kier alpha value is -2.73. The van der Waals surface area contributed by atoms with E-state index in [4.69, 9.17) is 0 Å². The number of rotatable bonds is 5. The third-order valence-electron chi connectivity index (χ3n) is 4.51. The van der Waals surface area contributed by atoms with Crippen LogP contribution in [-0.4, -0.2) is 46.2 Å². The second kappa shape index (κ2) is 6.64. The number of benzene rings is 1. The Bertz CT molecular complexity index is 815. The van der Waals surface area contributed by atoms with Gasteiger partial charge < -0.3 is 10.3 Å². The van der Waals surface area contributed by atoms with Crippen LogP contribution in [0.2, 0.25) is 0 Å². The van der Waals surface area contributed by atoms with Gasteiger partial charge in [-0.25, -0.2) is 19.4 Å². The number of nitrogens with zero attached hydrogens (tertiary/aromatic N) is 4. The summed E-state index contributed by atoms with van der Waals surface area (Å²) in [5, 5.41) is 7.75. The molecule has 0 spiro atoms. The predicted molar refractivity (Wildman–Crippen MR) is 96.8 cm³/mol. The highest BCUT2D eigenvalue weighted by atomic mass is 19.1. The van der Waals surface area contributed by atoms with Crippen LogP contribution in [0.4, 0.5) is 10.3 Å². The second-order valence-corrected chi connectivity index (χ2v) is 6.13. The molecular formula is C19H20FN5. The zero-order valence-electron chi connectivity index (χ0n) is 14.0. The predicted octanol–water partition coefficient (Wildman–Crippen LogP) is 3.02. The van der Waals surface area contributed by atoms with Crippen molar-refractivity contribution in [3.8, 4) is 0 Å². The number of hydrogen-bond donors (Lipinski definition) is 1. The van der Waals surface area contributed by atoms with Gasteiger partial charge in [-0.05, 0) is 30.2 Å². The van der Waals surface area contributed by atoms with E-state index in [0.717, 1.165) is 43.0 Å². The number of fused-ring (bicyclic) bond motifs is 1. The van der Waals surface area contributed by atoms with Crippen LogP contribution in [0.25, 0.3) is 11.3 Å². The molecule has 6 heteroatoms. The van der Waals surface area contributed by atoms with Crippen LogP contribution in [0, 0.1) is 5.82 Å². The standard InChI is InChI=1S/C19H20FN5/c1-2-9-21-19-22-10-8-17(23-19)18-16(13-24-11-3-12-25(18)24)14-4-6-15(20)7-5-14/h2,4-8,10H,1,3,9,11-13H2,(H,21,22,23). The van der Waals surface area contributed by atoms with Gasteiger partial charge in [-0.1, -0.05) is 18.2 Å². The molecule has 1 aromatic carbocycles. The third-order valence-corrected chi connectivity index (χ3v) is 4.51. The van der Waals surface area contributed by atoms with Crippen molar-refractivity contribution in [1.29, 1.82) is 0 Å². The molecule has 1 saturated heterocycles. The van der Waals surface area contributed by atoms with Crippen molar-refractivity contribution in [3.05, 3.63) is 66.3 Å². The average Bonchev–Trinajstić information content (AvgIpc) is 3.22. The van der Waals surface area contributed by atoms with Crippen molar-refractivity contribution in [2.45, 2.75) is 6.42 Å². The molecule has 25 heavy (non-hydrogen) atoms. The molecule has 0 aliphatic carbocycles. The summed E-state index contributed by atoms with van der Waals surface area (Å²) in [4.78, 5) is 8.94. The minimum absolute atomic E-state index is 0.220. The SMILES string of the molecule is C=CCNc1nccc(C2=C(c3ccc(F)cc3)CN3CCCN23)n1. The van der Waals surface area contributed by atoms with Crippen LogP contribution < -0.4 is 5.32 Å². The first-order chi connectivity index (χ1) is 12.3. The van der Waals surface area contributed by atoms with E-state index in [1.165, 1.54) is 17.7 Å². The average molecular weight is 337 g/mol. The number of nitrogens with one attached hydrogen (secondary N) is 1. The largest absolute Gasteiger partial charge is 0.351 e. The number of hydrogen-bond acceptors (Lipinski definition) is 5. The van der Waals surface area contributed by atoms with Crippen molar-refractivity contribution >= 4 is 17.2 Å². The Kier molecular flexibility index (Phi) is 4.19.